The van der Waals surface area contributed by atoms with Crippen molar-refractivity contribution in [1.82, 2.24) is 9.62 Å². The van der Waals surface area contributed by atoms with Crippen molar-refractivity contribution in [2.45, 2.75) is 23.8 Å². The second-order valence-electron chi connectivity index (χ2n) is 7.35. The smallest absolute Gasteiger partial charge is 0.244 e. The standard InChI is InChI=1S/C20H19Cl2N3O3S/c21-15-8-16(22)10-17(9-15)28-19-2-1-13(11-23)7-20(19)29(26,27)24-18-12-25-5-3-14(18)4-6-25/h1-2,7-10,14,18,24H,3-6,12H2. The Morgan fingerprint density at radius 1 is 1.10 bits per heavy atom. The van der Waals surface area contributed by atoms with Gasteiger partial charge >= 0.3 is 0 Å². The molecular weight excluding hydrogens is 433 g/mol. The Morgan fingerprint density at radius 3 is 2.38 bits per heavy atom. The molecule has 2 aromatic carbocycles. The van der Waals surface area contributed by atoms with E-state index in [-0.39, 0.29) is 22.3 Å². The summed E-state index contributed by atoms with van der Waals surface area (Å²) in [7, 11) is -3.90. The molecule has 9 heteroatoms. The van der Waals surface area contributed by atoms with Gasteiger partial charge < -0.3 is 9.64 Å². The van der Waals surface area contributed by atoms with Crippen LogP contribution in [0.2, 0.25) is 10.0 Å². The molecule has 0 amide bonds. The predicted octanol–water partition coefficient (Wildman–Crippen LogP) is 4.03. The fourth-order valence-corrected chi connectivity index (χ4v) is 5.90. The highest BCUT2D eigenvalue weighted by Gasteiger charge is 2.37. The SMILES string of the molecule is N#Cc1ccc(Oc2cc(Cl)cc(Cl)c2)c(S(=O)(=O)NC2CN3CCC2CC3)c1. The molecular formula is C20H19Cl2N3O3S. The zero-order valence-corrected chi connectivity index (χ0v) is 17.8. The third-order valence-electron chi connectivity index (χ3n) is 5.39. The van der Waals surface area contributed by atoms with E-state index in [0.717, 1.165) is 25.9 Å². The number of hydrogen-bond acceptors (Lipinski definition) is 5. The van der Waals surface area contributed by atoms with Crippen LogP contribution < -0.4 is 9.46 Å². The Labute approximate surface area is 180 Å². The van der Waals surface area contributed by atoms with Gasteiger partial charge in [-0.3, -0.25) is 0 Å². The number of fused-ring (bicyclic) bond motifs is 3. The molecule has 1 unspecified atom stereocenters. The average molecular weight is 452 g/mol. The number of nitrogens with zero attached hydrogens (tertiary/aromatic N) is 2. The van der Waals surface area contributed by atoms with E-state index in [9.17, 15) is 13.7 Å². The molecule has 0 aromatic heterocycles. The minimum atomic E-state index is -3.90. The van der Waals surface area contributed by atoms with Crippen molar-refractivity contribution in [2.75, 3.05) is 19.6 Å². The van der Waals surface area contributed by atoms with Crippen LogP contribution >= 0.6 is 23.2 Å². The van der Waals surface area contributed by atoms with Gasteiger partial charge in [-0.2, -0.15) is 5.26 Å². The van der Waals surface area contributed by atoms with Crippen molar-refractivity contribution < 1.29 is 13.2 Å². The van der Waals surface area contributed by atoms with Crippen LogP contribution in [0, 0.1) is 17.2 Å². The molecule has 29 heavy (non-hydrogen) atoms. The summed E-state index contributed by atoms with van der Waals surface area (Å²) in [6.07, 6.45) is 1.96. The first-order valence-electron chi connectivity index (χ1n) is 9.27. The van der Waals surface area contributed by atoms with Gasteiger partial charge in [-0.1, -0.05) is 23.2 Å². The number of hydrogen-bond donors (Lipinski definition) is 1. The molecule has 0 saturated carbocycles. The summed E-state index contributed by atoms with van der Waals surface area (Å²) in [5, 5.41) is 9.98. The monoisotopic (exact) mass is 451 g/mol. The van der Waals surface area contributed by atoms with Crippen molar-refractivity contribution >= 4 is 33.2 Å². The van der Waals surface area contributed by atoms with Gasteiger partial charge in [0.25, 0.3) is 0 Å². The summed E-state index contributed by atoms with van der Waals surface area (Å²) in [6.45, 7) is 2.72. The first-order valence-corrected chi connectivity index (χ1v) is 11.5. The number of nitriles is 1. The van der Waals surface area contributed by atoms with Gasteiger partial charge in [-0.05, 0) is 68.2 Å². The highest BCUT2D eigenvalue weighted by molar-refractivity contribution is 7.89. The second-order valence-corrected chi connectivity index (χ2v) is 9.90. The van der Waals surface area contributed by atoms with Gasteiger partial charge in [0.2, 0.25) is 10.0 Å². The van der Waals surface area contributed by atoms with Crippen LogP contribution in [0.15, 0.2) is 41.3 Å². The third-order valence-corrected chi connectivity index (χ3v) is 7.34. The van der Waals surface area contributed by atoms with Crippen molar-refractivity contribution in [3.8, 4) is 17.6 Å². The second kappa shape index (κ2) is 8.13. The van der Waals surface area contributed by atoms with Crippen LogP contribution in [0.4, 0.5) is 0 Å². The molecule has 6 nitrogen and oxygen atoms in total. The quantitative estimate of drug-likeness (QED) is 0.741. The lowest BCUT2D eigenvalue weighted by atomic mass is 9.85. The summed E-state index contributed by atoms with van der Waals surface area (Å²) >= 11 is 12.0. The Balaban J connectivity index is 1.66. The summed E-state index contributed by atoms with van der Waals surface area (Å²) in [6, 6.07) is 10.8. The maximum Gasteiger partial charge on any atom is 0.244 e. The Morgan fingerprint density at radius 2 is 1.79 bits per heavy atom. The van der Waals surface area contributed by atoms with Gasteiger partial charge in [0.1, 0.15) is 16.4 Å². The molecule has 3 aliphatic rings. The largest absolute Gasteiger partial charge is 0.456 e. The van der Waals surface area contributed by atoms with Gasteiger partial charge in [0.15, 0.2) is 0 Å². The van der Waals surface area contributed by atoms with E-state index in [1.165, 1.54) is 18.2 Å². The maximum atomic E-state index is 13.2. The van der Waals surface area contributed by atoms with E-state index in [0.29, 0.717) is 28.3 Å². The zero-order chi connectivity index (χ0) is 20.6. The van der Waals surface area contributed by atoms with Crippen LogP contribution in [-0.4, -0.2) is 39.0 Å². The number of ether oxygens (including phenoxy) is 1. The van der Waals surface area contributed by atoms with E-state index in [2.05, 4.69) is 9.62 Å². The van der Waals surface area contributed by atoms with Crippen molar-refractivity contribution in [3.63, 3.8) is 0 Å². The highest BCUT2D eigenvalue weighted by Crippen LogP contribution is 2.34. The molecule has 1 N–H and O–H groups in total. The molecule has 2 aromatic rings. The van der Waals surface area contributed by atoms with Gasteiger partial charge in [0.05, 0.1) is 11.6 Å². The van der Waals surface area contributed by atoms with Gasteiger partial charge in [-0.25, -0.2) is 13.1 Å². The van der Waals surface area contributed by atoms with Crippen LogP contribution in [-0.2, 0) is 10.0 Å². The van der Waals surface area contributed by atoms with Crippen molar-refractivity contribution in [2.24, 2.45) is 5.92 Å². The zero-order valence-electron chi connectivity index (χ0n) is 15.4. The van der Waals surface area contributed by atoms with Crippen LogP contribution in [0.3, 0.4) is 0 Å². The maximum absolute atomic E-state index is 13.2. The van der Waals surface area contributed by atoms with E-state index >= 15 is 0 Å². The van der Waals surface area contributed by atoms with E-state index < -0.39 is 10.0 Å². The molecule has 0 aliphatic carbocycles. The molecule has 2 bridgehead atoms. The topological polar surface area (TPSA) is 82.4 Å². The summed E-state index contributed by atoms with van der Waals surface area (Å²) < 4.78 is 35.1. The molecule has 152 valence electrons. The number of halogens is 2. The number of piperidine rings is 3. The Hall–Kier alpha value is -1.82. The lowest BCUT2D eigenvalue weighted by Crippen LogP contribution is -2.57. The molecule has 0 spiro atoms. The third kappa shape index (κ3) is 4.52. The van der Waals surface area contributed by atoms with Crippen LogP contribution in [0.25, 0.3) is 0 Å². The molecule has 3 fully saturated rings. The first-order chi connectivity index (χ1) is 13.8. The van der Waals surface area contributed by atoms with Crippen LogP contribution in [0.5, 0.6) is 11.5 Å². The van der Waals surface area contributed by atoms with E-state index in [1.54, 1.807) is 18.2 Å². The lowest BCUT2D eigenvalue weighted by molar-refractivity contribution is 0.0827. The van der Waals surface area contributed by atoms with E-state index in [1.807, 2.05) is 6.07 Å². The molecule has 3 saturated heterocycles. The summed E-state index contributed by atoms with van der Waals surface area (Å²) in [5.41, 5.74) is 0.232. The first kappa shape index (κ1) is 20.5. The average Bonchev–Trinajstić information content (AvgIpc) is 2.68. The Bertz CT molecular complexity index is 1060. The number of nitrogens with one attached hydrogen (secondary N) is 1. The minimum absolute atomic E-state index is 0.0795. The molecule has 1 atom stereocenters. The van der Waals surface area contributed by atoms with Crippen molar-refractivity contribution in [1.29, 1.82) is 5.26 Å². The fraction of sp³-hybridized carbons (Fsp3) is 0.350. The molecule has 3 aliphatic heterocycles. The number of sulfonamides is 1. The lowest BCUT2D eigenvalue weighted by Gasteiger charge is -2.44. The Kier molecular flexibility index (Phi) is 5.74. The summed E-state index contributed by atoms with van der Waals surface area (Å²) in [5.74, 6) is 0.743. The van der Waals surface area contributed by atoms with Gasteiger partial charge in [-0.15, -0.1) is 0 Å². The normalized spacial score (nSPS) is 23.6. The fourth-order valence-electron chi connectivity index (χ4n) is 3.95. The molecule has 5 rings (SSSR count). The number of benzene rings is 2. The van der Waals surface area contributed by atoms with Crippen LogP contribution in [0.1, 0.15) is 18.4 Å². The van der Waals surface area contributed by atoms with Crippen molar-refractivity contribution in [3.05, 3.63) is 52.0 Å². The molecule has 3 heterocycles. The highest BCUT2D eigenvalue weighted by atomic mass is 35.5. The van der Waals surface area contributed by atoms with E-state index in [4.69, 9.17) is 27.9 Å². The predicted molar refractivity (Wildman–Crippen MR) is 111 cm³/mol. The summed E-state index contributed by atoms with van der Waals surface area (Å²) in [4.78, 5) is 2.19. The molecule has 0 radical (unpaired) electrons. The number of rotatable bonds is 5. The minimum Gasteiger partial charge on any atom is -0.456 e. The van der Waals surface area contributed by atoms with Gasteiger partial charge in [0, 0.05) is 22.6 Å².